The number of aromatic nitrogens is 2. The Balaban J connectivity index is 1.93. The van der Waals surface area contributed by atoms with Gasteiger partial charge in [0.05, 0.1) is 19.4 Å². The lowest BCUT2D eigenvalue weighted by Gasteiger charge is -2.28. The van der Waals surface area contributed by atoms with Crippen LogP contribution >= 0.6 is 0 Å². The maximum Gasteiger partial charge on any atom is 0.330 e. The quantitative estimate of drug-likeness (QED) is 0.329. The molecule has 3 rings (SSSR count). The number of amides is 1. The van der Waals surface area contributed by atoms with Gasteiger partial charge in [-0.15, -0.1) is 0 Å². The van der Waals surface area contributed by atoms with Crippen molar-refractivity contribution in [3.8, 4) is 0 Å². The number of furan rings is 1. The summed E-state index contributed by atoms with van der Waals surface area (Å²) < 4.78 is 6.88. The molecule has 0 unspecified atom stereocenters. The minimum atomic E-state index is -0.643. The first-order valence-electron chi connectivity index (χ1n) is 12.7. The fraction of sp³-hybridized carbons (Fsp3) is 0.444. The van der Waals surface area contributed by atoms with Crippen molar-refractivity contribution in [2.45, 2.75) is 65.6 Å². The lowest BCUT2D eigenvalue weighted by molar-refractivity contribution is -0.120. The summed E-state index contributed by atoms with van der Waals surface area (Å²) in [4.78, 5) is 44.9. The van der Waals surface area contributed by atoms with Crippen molar-refractivity contribution in [2.75, 3.05) is 23.7 Å². The standard InChI is InChI=1S/C27H37N5O4/c1-3-5-10-16-31(24-25(28)32(15-6-4-2)27(35)29-26(24)34)23(33)20-30(19-22-14-11-17-36-22)18-21-12-8-7-9-13-21/h7-9,11-14,17H,3-6,10,15-16,18-20,28H2,1-2H3,(H,29,34,35). The number of carbonyl (C=O) groups excluding carboxylic acids is 1. The minimum Gasteiger partial charge on any atom is -0.468 e. The second-order valence-electron chi connectivity index (χ2n) is 8.96. The number of carbonyl (C=O) groups is 1. The number of rotatable bonds is 14. The first-order chi connectivity index (χ1) is 17.4. The highest BCUT2D eigenvalue weighted by atomic mass is 16.3. The zero-order valence-corrected chi connectivity index (χ0v) is 21.2. The van der Waals surface area contributed by atoms with E-state index in [1.54, 1.807) is 6.26 Å². The molecule has 3 aromatic rings. The minimum absolute atomic E-state index is 0.0303. The van der Waals surface area contributed by atoms with E-state index in [2.05, 4.69) is 11.9 Å². The van der Waals surface area contributed by atoms with Gasteiger partial charge in [-0.1, -0.05) is 63.4 Å². The maximum absolute atomic E-state index is 13.7. The van der Waals surface area contributed by atoms with E-state index >= 15 is 0 Å². The molecule has 0 fully saturated rings. The Morgan fingerprint density at radius 2 is 1.75 bits per heavy atom. The van der Waals surface area contributed by atoms with Gasteiger partial charge in [0.1, 0.15) is 11.6 Å². The number of hydrogen-bond donors (Lipinski definition) is 2. The Kier molecular flexibility index (Phi) is 10.1. The van der Waals surface area contributed by atoms with Crippen molar-refractivity contribution in [3.63, 3.8) is 0 Å². The lowest BCUT2D eigenvalue weighted by Crippen LogP contribution is -2.45. The number of unbranched alkanes of at least 4 members (excludes halogenated alkanes) is 3. The first kappa shape index (κ1) is 27.0. The number of aromatic amines is 1. The second kappa shape index (κ2) is 13.5. The Bertz CT molecular complexity index is 1200. The van der Waals surface area contributed by atoms with Crippen LogP contribution in [0.5, 0.6) is 0 Å². The average Bonchev–Trinajstić information content (AvgIpc) is 3.36. The largest absolute Gasteiger partial charge is 0.468 e. The maximum atomic E-state index is 13.7. The topological polar surface area (TPSA) is 118 Å². The van der Waals surface area contributed by atoms with Crippen LogP contribution in [0.4, 0.5) is 11.5 Å². The zero-order valence-electron chi connectivity index (χ0n) is 21.2. The second-order valence-corrected chi connectivity index (χ2v) is 8.96. The van der Waals surface area contributed by atoms with Crippen LogP contribution in [0.3, 0.4) is 0 Å². The molecule has 0 spiro atoms. The molecule has 36 heavy (non-hydrogen) atoms. The van der Waals surface area contributed by atoms with Crippen LogP contribution in [-0.2, 0) is 24.4 Å². The van der Waals surface area contributed by atoms with Gasteiger partial charge in [-0.05, 0) is 30.5 Å². The van der Waals surface area contributed by atoms with Crippen LogP contribution in [0.15, 0.2) is 62.7 Å². The Morgan fingerprint density at radius 3 is 2.42 bits per heavy atom. The predicted octanol–water partition coefficient (Wildman–Crippen LogP) is 3.74. The van der Waals surface area contributed by atoms with E-state index in [1.165, 1.54) is 9.47 Å². The fourth-order valence-corrected chi connectivity index (χ4v) is 4.17. The molecule has 0 saturated heterocycles. The molecule has 3 N–H and O–H groups in total. The van der Waals surface area contributed by atoms with Gasteiger partial charge in [-0.2, -0.15) is 0 Å². The van der Waals surface area contributed by atoms with E-state index in [0.29, 0.717) is 32.6 Å². The summed E-state index contributed by atoms with van der Waals surface area (Å²) in [6, 6.07) is 13.6. The normalized spacial score (nSPS) is 11.2. The van der Waals surface area contributed by atoms with Gasteiger partial charge in [0, 0.05) is 19.6 Å². The number of nitrogen functional groups attached to an aromatic ring is 1. The Hall–Kier alpha value is -3.59. The SMILES string of the molecule is CCCCCN(C(=O)CN(Cc1ccccc1)Cc1ccco1)c1c(N)n(CCCC)c(=O)[nH]c1=O. The van der Waals surface area contributed by atoms with Crippen molar-refractivity contribution in [2.24, 2.45) is 0 Å². The Labute approximate surface area is 211 Å². The molecule has 1 aromatic carbocycles. The molecule has 0 atom stereocenters. The molecule has 9 heteroatoms. The summed E-state index contributed by atoms with van der Waals surface area (Å²) in [5.74, 6) is 0.510. The van der Waals surface area contributed by atoms with E-state index in [1.807, 2.05) is 54.3 Å². The van der Waals surface area contributed by atoms with Gasteiger partial charge < -0.3 is 15.1 Å². The Morgan fingerprint density at radius 1 is 1.00 bits per heavy atom. The third kappa shape index (κ3) is 7.21. The molecule has 194 valence electrons. The summed E-state index contributed by atoms with van der Waals surface area (Å²) in [6.45, 7) is 5.80. The van der Waals surface area contributed by atoms with Crippen molar-refractivity contribution in [1.29, 1.82) is 0 Å². The highest BCUT2D eigenvalue weighted by molar-refractivity contribution is 5.96. The van der Waals surface area contributed by atoms with Gasteiger partial charge in [0.25, 0.3) is 5.56 Å². The number of nitrogens with two attached hydrogens (primary N) is 1. The van der Waals surface area contributed by atoms with Crippen molar-refractivity contribution >= 4 is 17.4 Å². The van der Waals surface area contributed by atoms with Crippen molar-refractivity contribution in [3.05, 3.63) is 80.9 Å². The molecule has 2 aromatic heterocycles. The molecule has 0 radical (unpaired) electrons. The number of anilines is 2. The first-order valence-corrected chi connectivity index (χ1v) is 12.7. The molecule has 0 saturated carbocycles. The molecule has 0 aliphatic rings. The van der Waals surface area contributed by atoms with Crippen LogP contribution < -0.4 is 21.9 Å². The van der Waals surface area contributed by atoms with Gasteiger partial charge in [-0.3, -0.25) is 24.0 Å². The third-order valence-electron chi connectivity index (χ3n) is 6.07. The average molecular weight is 496 g/mol. The molecular weight excluding hydrogens is 458 g/mol. The summed E-state index contributed by atoms with van der Waals surface area (Å²) in [6.07, 6.45) is 5.77. The molecule has 0 bridgehead atoms. The predicted molar refractivity (Wildman–Crippen MR) is 142 cm³/mol. The molecule has 0 aliphatic carbocycles. The van der Waals surface area contributed by atoms with Crippen molar-refractivity contribution < 1.29 is 9.21 Å². The molecular formula is C27H37N5O4. The molecule has 2 heterocycles. The summed E-state index contributed by atoms with van der Waals surface area (Å²) in [5.41, 5.74) is 6.26. The van der Waals surface area contributed by atoms with Crippen LogP contribution in [0, 0.1) is 0 Å². The molecule has 9 nitrogen and oxygen atoms in total. The van der Waals surface area contributed by atoms with Gasteiger partial charge in [-0.25, -0.2) is 4.79 Å². The highest BCUT2D eigenvalue weighted by Crippen LogP contribution is 2.20. The van der Waals surface area contributed by atoms with Crippen molar-refractivity contribution in [1.82, 2.24) is 14.5 Å². The summed E-state index contributed by atoms with van der Waals surface area (Å²) in [5, 5.41) is 0. The number of benzene rings is 1. The summed E-state index contributed by atoms with van der Waals surface area (Å²) >= 11 is 0. The van der Waals surface area contributed by atoms with E-state index in [0.717, 1.165) is 37.0 Å². The van der Waals surface area contributed by atoms with Crippen LogP contribution in [0.1, 0.15) is 57.3 Å². The van der Waals surface area contributed by atoms with E-state index in [4.69, 9.17) is 10.2 Å². The van der Waals surface area contributed by atoms with Crippen LogP contribution in [-0.4, -0.2) is 33.4 Å². The number of nitrogens with zero attached hydrogens (tertiary/aromatic N) is 3. The van der Waals surface area contributed by atoms with Gasteiger partial charge >= 0.3 is 5.69 Å². The number of hydrogen-bond acceptors (Lipinski definition) is 6. The summed E-state index contributed by atoms with van der Waals surface area (Å²) in [7, 11) is 0. The van der Waals surface area contributed by atoms with E-state index in [9.17, 15) is 14.4 Å². The molecule has 0 aliphatic heterocycles. The third-order valence-corrected chi connectivity index (χ3v) is 6.07. The number of H-pyrrole nitrogens is 1. The molecule has 1 amide bonds. The van der Waals surface area contributed by atoms with E-state index in [-0.39, 0.29) is 24.0 Å². The smallest absolute Gasteiger partial charge is 0.330 e. The lowest BCUT2D eigenvalue weighted by atomic mass is 10.2. The van der Waals surface area contributed by atoms with Crippen LogP contribution in [0.25, 0.3) is 0 Å². The van der Waals surface area contributed by atoms with Gasteiger partial charge in [0.2, 0.25) is 5.91 Å². The number of nitrogens with one attached hydrogen (secondary N) is 1. The van der Waals surface area contributed by atoms with E-state index < -0.39 is 11.2 Å². The monoisotopic (exact) mass is 495 g/mol. The zero-order chi connectivity index (χ0) is 25.9. The van der Waals surface area contributed by atoms with Crippen LogP contribution in [0.2, 0.25) is 0 Å². The highest BCUT2D eigenvalue weighted by Gasteiger charge is 2.26. The fourth-order valence-electron chi connectivity index (χ4n) is 4.17. The van der Waals surface area contributed by atoms with Gasteiger partial charge in [0.15, 0.2) is 5.69 Å².